The van der Waals surface area contributed by atoms with Gasteiger partial charge in [0.25, 0.3) is 5.56 Å². The number of hydrogen-bond donors (Lipinski definition) is 1. The highest BCUT2D eigenvalue weighted by Gasteiger charge is 2.13. The van der Waals surface area contributed by atoms with Gasteiger partial charge in [-0.25, -0.2) is 9.48 Å². The molecule has 2 aromatic heterocycles. The lowest BCUT2D eigenvalue weighted by atomic mass is 10.1. The van der Waals surface area contributed by atoms with Crippen molar-refractivity contribution in [2.24, 2.45) is 0 Å². The Labute approximate surface area is 129 Å². The zero-order valence-corrected chi connectivity index (χ0v) is 12.8. The number of hydrogen-bond acceptors (Lipinski definition) is 5. The first kappa shape index (κ1) is 14.4. The Morgan fingerprint density at radius 2 is 2.14 bits per heavy atom. The lowest BCUT2D eigenvalue weighted by Crippen LogP contribution is -2.24. The highest BCUT2D eigenvalue weighted by atomic mass is 32.1. The third-order valence-corrected chi connectivity index (χ3v) is 4.66. The molecule has 0 atom stereocenters. The van der Waals surface area contributed by atoms with Crippen LogP contribution in [-0.4, -0.2) is 26.1 Å². The van der Waals surface area contributed by atoms with Crippen molar-refractivity contribution < 1.29 is 9.90 Å². The zero-order valence-electron chi connectivity index (χ0n) is 12.0. The first-order valence-electron chi connectivity index (χ1n) is 6.63. The van der Waals surface area contributed by atoms with Gasteiger partial charge >= 0.3 is 5.97 Å². The molecule has 0 unspecified atom stereocenters. The van der Waals surface area contributed by atoms with Gasteiger partial charge in [-0.3, -0.25) is 4.79 Å². The van der Waals surface area contributed by atoms with Crippen LogP contribution in [0.2, 0.25) is 0 Å². The van der Waals surface area contributed by atoms with E-state index in [0.29, 0.717) is 15.8 Å². The van der Waals surface area contributed by atoms with Crippen molar-refractivity contribution in [2.75, 3.05) is 0 Å². The van der Waals surface area contributed by atoms with E-state index in [1.54, 1.807) is 12.1 Å². The second kappa shape index (κ2) is 5.34. The first-order valence-corrected chi connectivity index (χ1v) is 7.44. The highest BCUT2D eigenvalue weighted by Crippen LogP contribution is 2.25. The van der Waals surface area contributed by atoms with Crippen LogP contribution in [0.15, 0.2) is 29.1 Å². The standard InChI is InChI=1S/C15H13N3O3S/c1-8-9(2)22-13-12(8)14(19)18(17-16-13)7-10-4-3-5-11(6-10)15(20)21/h3-6H,7H2,1-2H3,(H,20,21). The molecule has 0 aliphatic heterocycles. The molecule has 0 radical (unpaired) electrons. The van der Waals surface area contributed by atoms with Crippen molar-refractivity contribution in [2.45, 2.75) is 20.4 Å². The van der Waals surface area contributed by atoms with E-state index in [-0.39, 0.29) is 17.7 Å². The van der Waals surface area contributed by atoms with Crippen molar-refractivity contribution in [1.82, 2.24) is 15.0 Å². The number of fused-ring (bicyclic) bond motifs is 1. The summed E-state index contributed by atoms with van der Waals surface area (Å²) in [6.45, 7) is 4.03. The SMILES string of the molecule is Cc1sc2nnn(Cc3cccc(C(=O)O)c3)c(=O)c2c1C. The third kappa shape index (κ3) is 2.39. The van der Waals surface area contributed by atoms with Crippen molar-refractivity contribution in [3.8, 4) is 0 Å². The molecule has 0 aliphatic carbocycles. The summed E-state index contributed by atoms with van der Waals surface area (Å²) in [4.78, 5) is 25.2. The van der Waals surface area contributed by atoms with Crippen LogP contribution in [0.25, 0.3) is 10.2 Å². The number of carbonyl (C=O) groups is 1. The first-order chi connectivity index (χ1) is 10.5. The molecular weight excluding hydrogens is 302 g/mol. The maximum Gasteiger partial charge on any atom is 0.335 e. The van der Waals surface area contributed by atoms with E-state index in [9.17, 15) is 9.59 Å². The summed E-state index contributed by atoms with van der Waals surface area (Å²) in [7, 11) is 0. The molecular formula is C15H13N3O3S. The van der Waals surface area contributed by atoms with Crippen LogP contribution in [0.3, 0.4) is 0 Å². The minimum atomic E-state index is -1.000. The summed E-state index contributed by atoms with van der Waals surface area (Å²) in [5, 5.41) is 17.6. The Kier molecular flexibility index (Phi) is 3.50. The van der Waals surface area contributed by atoms with E-state index in [1.165, 1.54) is 28.2 Å². The average Bonchev–Trinajstić information content (AvgIpc) is 2.78. The minimum absolute atomic E-state index is 0.183. The van der Waals surface area contributed by atoms with Gasteiger partial charge in [0.15, 0.2) is 4.83 Å². The molecule has 1 aromatic carbocycles. The lowest BCUT2D eigenvalue weighted by Gasteiger charge is -2.05. The smallest absolute Gasteiger partial charge is 0.335 e. The number of aryl methyl sites for hydroxylation is 2. The van der Waals surface area contributed by atoms with Gasteiger partial charge in [0.1, 0.15) is 0 Å². The van der Waals surface area contributed by atoms with Crippen LogP contribution < -0.4 is 5.56 Å². The molecule has 0 saturated heterocycles. The normalized spacial score (nSPS) is 11.0. The molecule has 3 rings (SSSR count). The van der Waals surface area contributed by atoms with E-state index in [4.69, 9.17) is 5.11 Å². The number of thiophene rings is 1. The quantitative estimate of drug-likeness (QED) is 0.801. The van der Waals surface area contributed by atoms with E-state index in [2.05, 4.69) is 10.3 Å². The molecule has 0 saturated carbocycles. The summed E-state index contributed by atoms with van der Waals surface area (Å²) in [6.07, 6.45) is 0. The molecule has 3 aromatic rings. The number of aromatic nitrogens is 3. The zero-order chi connectivity index (χ0) is 15.9. The Morgan fingerprint density at radius 1 is 1.36 bits per heavy atom. The number of nitrogens with zero attached hydrogens (tertiary/aromatic N) is 3. The van der Waals surface area contributed by atoms with Gasteiger partial charge in [0, 0.05) is 4.88 Å². The van der Waals surface area contributed by atoms with Crippen LogP contribution in [0, 0.1) is 13.8 Å². The van der Waals surface area contributed by atoms with E-state index < -0.39 is 5.97 Å². The Morgan fingerprint density at radius 3 is 2.86 bits per heavy atom. The predicted octanol–water partition coefficient (Wildman–Crippen LogP) is 2.22. The van der Waals surface area contributed by atoms with Crippen molar-refractivity contribution in [3.63, 3.8) is 0 Å². The number of rotatable bonds is 3. The van der Waals surface area contributed by atoms with E-state index in [0.717, 1.165) is 10.4 Å². The van der Waals surface area contributed by atoms with Gasteiger partial charge in [-0.15, -0.1) is 16.4 Å². The molecule has 0 spiro atoms. The molecule has 112 valence electrons. The molecule has 6 nitrogen and oxygen atoms in total. The van der Waals surface area contributed by atoms with Gasteiger partial charge in [-0.05, 0) is 37.1 Å². The number of carboxylic acids is 1. The number of benzene rings is 1. The van der Waals surface area contributed by atoms with Gasteiger partial charge in [0.05, 0.1) is 17.5 Å². The third-order valence-electron chi connectivity index (χ3n) is 3.56. The monoisotopic (exact) mass is 315 g/mol. The molecule has 22 heavy (non-hydrogen) atoms. The summed E-state index contributed by atoms with van der Waals surface area (Å²) < 4.78 is 1.27. The van der Waals surface area contributed by atoms with Crippen LogP contribution in [0.1, 0.15) is 26.4 Å². The van der Waals surface area contributed by atoms with E-state index >= 15 is 0 Å². The number of aromatic carboxylic acids is 1. The molecule has 0 aliphatic rings. The van der Waals surface area contributed by atoms with Gasteiger partial charge in [-0.1, -0.05) is 17.3 Å². The molecule has 7 heteroatoms. The second-order valence-electron chi connectivity index (χ2n) is 5.02. The predicted molar refractivity (Wildman–Crippen MR) is 83.7 cm³/mol. The summed E-state index contributed by atoms with van der Waals surface area (Å²) in [6, 6.07) is 6.45. The van der Waals surface area contributed by atoms with Gasteiger partial charge < -0.3 is 5.11 Å². The van der Waals surface area contributed by atoms with Crippen LogP contribution in [0.5, 0.6) is 0 Å². The van der Waals surface area contributed by atoms with Gasteiger partial charge in [-0.2, -0.15) is 0 Å². The average molecular weight is 315 g/mol. The lowest BCUT2D eigenvalue weighted by molar-refractivity contribution is 0.0696. The summed E-state index contributed by atoms with van der Waals surface area (Å²) in [5.74, 6) is -1.000. The second-order valence-corrected chi connectivity index (χ2v) is 6.22. The molecule has 0 bridgehead atoms. The molecule has 2 heterocycles. The largest absolute Gasteiger partial charge is 0.478 e. The highest BCUT2D eigenvalue weighted by molar-refractivity contribution is 7.18. The van der Waals surface area contributed by atoms with Crippen LogP contribution >= 0.6 is 11.3 Å². The van der Waals surface area contributed by atoms with Gasteiger partial charge in [0.2, 0.25) is 0 Å². The van der Waals surface area contributed by atoms with E-state index in [1.807, 2.05) is 13.8 Å². The van der Waals surface area contributed by atoms with Crippen LogP contribution in [-0.2, 0) is 6.54 Å². The maximum absolute atomic E-state index is 12.5. The Bertz CT molecular complexity index is 943. The fourth-order valence-corrected chi connectivity index (χ4v) is 3.24. The Hall–Kier alpha value is -2.54. The minimum Gasteiger partial charge on any atom is -0.478 e. The molecule has 0 amide bonds. The molecule has 1 N–H and O–H groups in total. The fraction of sp³-hybridized carbons (Fsp3) is 0.200. The van der Waals surface area contributed by atoms with Crippen molar-refractivity contribution in [1.29, 1.82) is 0 Å². The number of carboxylic acid groups (broad SMARTS) is 1. The maximum atomic E-state index is 12.5. The van der Waals surface area contributed by atoms with Crippen molar-refractivity contribution >= 4 is 27.5 Å². The summed E-state index contributed by atoms with van der Waals surface area (Å²) >= 11 is 1.45. The fourth-order valence-electron chi connectivity index (χ4n) is 2.27. The van der Waals surface area contributed by atoms with Crippen molar-refractivity contribution in [3.05, 3.63) is 56.2 Å². The Balaban J connectivity index is 2.06. The van der Waals surface area contributed by atoms with Crippen LogP contribution in [0.4, 0.5) is 0 Å². The molecule has 0 fully saturated rings. The summed E-state index contributed by atoms with van der Waals surface area (Å²) in [5.41, 5.74) is 1.60. The topological polar surface area (TPSA) is 85.1 Å².